The molecule has 0 atom stereocenters. The SMILES string of the molecule is Cn1ccc(-c2ccc3c(c2)CCN3C(=O)Cc2cccc(F)c2F)n1. The van der Waals surface area contributed by atoms with Gasteiger partial charge in [0.1, 0.15) is 0 Å². The van der Waals surface area contributed by atoms with Crippen LogP contribution in [-0.2, 0) is 24.7 Å². The number of halogens is 2. The van der Waals surface area contributed by atoms with Crippen LogP contribution in [-0.4, -0.2) is 22.2 Å². The first-order chi connectivity index (χ1) is 12.5. The Morgan fingerprint density at radius 2 is 2.04 bits per heavy atom. The highest BCUT2D eigenvalue weighted by molar-refractivity contribution is 5.97. The standard InChI is InChI=1S/C20H17F2N3O/c1-24-9-8-17(23-24)13-5-6-18-14(11-13)7-10-25(18)19(26)12-15-3-2-4-16(21)20(15)22/h2-6,8-9,11H,7,10,12H2,1H3. The highest BCUT2D eigenvalue weighted by atomic mass is 19.2. The van der Waals surface area contributed by atoms with Crippen molar-refractivity contribution < 1.29 is 13.6 Å². The van der Waals surface area contributed by atoms with Crippen molar-refractivity contribution in [2.45, 2.75) is 12.8 Å². The molecule has 0 aliphatic carbocycles. The number of amides is 1. The molecule has 0 saturated carbocycles. The van der Waals surface area contributed by atoms with Gasteiger partial charge in [-0.15, -0.1) is 0 Å². The molecule has 2 aromatic carbocycles. The molecule has 2 heterocycles. The molecule has 6 heteroatoms. The molecule has 4 rings (SSSR count). The summed E-state index contributed by atoms with van der Waals surface area (Å²) in [7, 11) is 1.86. The Bertz CT molecular complexity index is 996. The van der Waals surface area contributed by atoms with Crippen LogP contribution >= 0.6 is 0 Å². The van der Waals surface area contributed by atoms with Crippen LogP contribution in [0.5, 0.6) is 0 Å². The average molecular weight is 353 g/mol. The third kappa shape index (κ3) is 2.87. The van der Waals surface area contributed by atoms with Crippen molar-refractivity contribution in [3.63, 3.8) is 0 Å². The number of aromatic nitrogens is 2. The number of nitrogens with zero attached hydrogens (tertiary/aromatic N) is 3. The molecule has 0 fully saturated rings. The topological polar surface area (TPSA) is 38.1 Å². The highest BCUT2D eigenvalue weighted by Crippen LogP contribution is 2.32. The molecule has 26 heavy (non-hydrogen) atoms. The van der Waals surface area contributed by atoms with Gasteiger partial charge in [-0.25, -0.2) is 8.78 Å². The van der Waals surface area contributed by atoms with Gasteiger partial charge in [0, 0.05) is 36.6 Å². The maximum Gasteiger partial charge on any atom is 0.231 e. The van der Waals surface area contributed by atoms with E-state index in [1.807, 2.05) is 37.5 Å². The molecular weight excluding hydrogens is 336 g/mol. The van der Waals surface area contributed by atoms with Crippen LogP contribution in [0, 0.1) is 11.6 Å². The van der Waals surface area contributed by atoms with E-state index < -0.39 is 11.6 Å². The van der Waals surface area contributed by atoms with Crippen LogP contribution < -0.4 is 4.90 Å². The fourth-order valence-electron chi connectivity index (χ4n) is 3.33. The molecule has 1 amide bonds. The van der Waals surface area contributed by atoms with Gasteiger partial charge in [0.15, 0.2) is 11.6 Å². The second-order valence-corrected chi connectivity index (χ2v) is 6.40. The van der Waals surface area contributed by atoms with E-state index >= 15 is 0 Å². The van der Waals surface area contributed by atoms with Gasteiger partial charge in [-0.1, -0.05) is 18.2 Å². The van der Waals surface area contributed by atoms with E-state index in [0.717, 1.165) is 35.0 Å². The molecule has 0 unspecified atom stereocenters. The Labute approximate surface area is 149 Å². The highest BCUT2D eigenvalue weighted by Gasteiger charge is 2.26. The molecule has 1 aliphatic rings. The summed E-state index contributed by atoms with van der Waals surface area (Å²) in [6, 6.07) is 11.7. The van der Waals surface area contributed by atoms with E-state index in [1.165, 1.54) is 12.1 Å². The number of benzene rings is 2. The summed E-state index contributed by atoms with van der Waals surface area (Å²) in [6.07, 6.45) is 2.45. The Balaban J connectivity index is 1.57. The number of hydrogen-bond donors (Lipinski definition) is 0. The van der Waals surface area contributed by atoms with Crippen molar-refractivity contribution in [2.75, 3.05) is 11.4 Å². The van der Waals surface area contributed by atoms with Crippen LogP contribution in [0.3, 0.4) is 0 Å². The molecule has 0 spiro atoms. The van der Waals surface area contributed by atoms with E-state index in [1.54, 1.807) is 9.58 Å². The summed E-state index contributed by atoms with van der Waals surface area (Å²) in [5.74, 6) is -2.12. The second-order valence-electron chi connectivity index (χ2n) is 6.40. The van der Waals surface area contributed by atoms with Gasteiger partial charge in [-0.05, 0) is 36.2 Å². The lowest BCUT2D eigenvalue weighted by molar-refractivity contribution is -0.117. The molecule has 0 N–H and O–H groups in total. The first-order valence-electron chi connectivity index (χ1n) is 8.39. The van der Waals surface area contributed by atoms with Crippen LogP contribution in [0.2, 0.25) is 0 Å². The number of carbonyl (C=O) groups excluding carboxylic acids is 1. The third-order valence-electron chi connectivity index (χ3n) is 4.66. The summed E-state index contributed by atoms with van der Waals surface area (Å²) < 4.78 is 28.9. The molecule has 1 aliphatic heterocycles. The normalized spacial score (nSPS) is 13.1. The minimum Gasteiger partial charge on any atom is -0.312 e. The predicted molar refractivity (Wildman–Crippen MR) is 94.8 cm³/mol. The van der Waals surface area contributed by atoms with E-state index in [0.29, 0.717) is 6.54 Å². The van der Waals surface area contributed by atoms with E-state index in [4.69, 9.17) is 0 Å². The van der Waals surface area contributed by atoms with Gasteiger partial charge in [0.2, 0.25) is 5.91 Å². The van der Waals surface area contributed by atoms with Crippen molar-refractivity contribution in [3.8, 4) is 11.3 Å². The summed E-state index contributed by atoms with van der Waals surface area (Å²) in [5.41, 5.74) is 3.83. The molecule has 132 valence electrons. The van der Waals surface area contributed by atoms with Gasteiger partial charge < -0.3 is 4.90 Å². The number of aryl methyl sites for hydroxylation is 1. The second kappa shape index (κ2) is 6.37. The van der Waals surface area contributed by atoms with Crippen molar-refractivity contribution in [1.29, 1.82) is 0 Å². The Morgan fingerprint density at radius 3 is 2.81 bits per heavy atom. The lowest BCUT2D eigenvalue weighted by Crippen LogP contribution is -2.30. The molecule has 0 radical (unpaired) electrons. The predicted octanol–water partition coefficient (Wildman–Crippen LogP) is 3.50. The van der Waals surface area contributed by atoms with Crippen molar-refractivity contribution >= 4 is 11.6 Å². The minimum absolute atomic E-state index is 0.0774. The zero-order valence-corrected chi connectivity index (χ0v) is 14.2. The minimum atomic E-state index is -0.953. The summed E-state index contributed by atoms with van der Waals surface area (Å²) >= 11 is 0. The summed E-state index contributed by atoms with van der Waals surface area (Å²) in [4.78, 5) is 14.3. The number of carbonyl (C=O) groups is 1. The first kappa shape index (κ1) is 16.4. The van der Waals surface area contributed by atoms with Crippen molar-refractivity contribution in [3.05, 3.63) is 71.4 Å². The zero-order chi connectivity index (χ0) is 18.3. The van der Waals surface area contributed by atoms with Gasteiger partial charge >= 0.3 is 0 Å². The smallest absolute Gasteiger partial charge is 0.231 e. The fourth-order valence-corrected chi connectivity index (χ4v) is 3.33. The van der Waals surface area contributed by atoms with Crippen LogP contribution in [0.1, 0.15) is 11.1 Å². The lowest BCUT2D eigenvalue weighted by atomic mass is 10.1. The number of anilines is 1. The van der Waals surface area contributed by atoms with Gasteiger partial charge in [0.25, 0.3) is 0 Å². The van der Waals surface area contributed by atoms with E-state index in [9.17, 15) is 13.6 Å². The summed E-state index contributed by atoms with van der Waals surface area (Å²) in [5, 5.41) is 4.39. The number of fused-ring (bicyclic) bond motifs is 1. The number of rotatable bonds is 3. The zero-order valence-electron chi connectivity index (χ0n) is 14.2. The number of hydrogen-bond acceptors (Lipinski definition) is 2. The monoisotopic (exact) mass is 353 g/mol. The molecule has 4 nitrogen and oxygen atoms in total. The van der Waals surface area contributed by atoms with Crippen LogP contribution in [0.4, 0.5) is 14.5 Å². The van der Waals surface area contributed by atoms with E-state index in [2.05, 4.69) is 5.10 Å². The largest absolute Gasteiger partial charge is 0.312 e. The molecule has 3 aromatic rings. The quantitative estimate of drug-likeness (QED) is 0.723. The lowest BCUT2D eigenvalue weighted by Gasteiger charge is -2.18. The van der Waals surface area contributed by atoms with Crippen LogP contribution in [0.25, 0.3) is 11.3 Å². The summed E-state index contributed by atoms with van der Waals surface area (Å²) in [6.45, 7) is 0.538. The average Bonchev–Trinajstić information content (AvgIpc) is 3.24. The van der Waals surface area contributed by atoms with Crippen LogP contribution in [0.15, 0.2) is 48.7 Å². The third-order valence-corrected chi connectivity index (χ3v) is 4.66. The van der Waals surface area contributed by atoms with Crippen molar-refractivity contribution in [2.24, 2.45) is 7.05 Å². The van der Waals surface area contributed by atoms with Gasteiger partial charge in [-0.3, -0.25) is 9.48 Å². The Kier molecular flexibility index (Phi) is 4.03. The van der Waals surface area contributed by atoms with Gasteiger partial charge in [0.05, 0.1) is 12.1 Å². The molecule has 0 saturated heterocycles. The maximum atomic E-state index is 13.8. The Hall–Kier alpha value is -3.02. The van der Waals surface area contributed by atoms with E-state index in [-0.39, 0.29) is 17.9 Å². The maximum absolute atomic E-state index is 13.8. The Morgan fingerprint density at radius 1 is 1.19 bits per heavy atom. The first-order valence-corrected chi connectivity index (χ1v) is 8.39. The molecule has 1 aromatic heterocycles. The molecule has 0 bridgehead atoms. The van der Waals surface area contributed by atoms with Gasteiger partial charge in [-0.2, -0.15) is 5.10 Å². The molecular formula is C20H17F2N3O. The van der Waals surface area contributed by atoms with Crippen molar-refractivity contribution in [1.82, 2.24) is 9.78 Å². The fraction of sp³-hybridized carbons (Fsp3) is 0.200.